The molecule has 0 aromatic heterocycles. The second-order valence-electron chi connectivity index (χ2n) is 7.82. The summed E-state index contributed by atoms with van der Waals surface area (Å²) in [6.07, 6.45) is 1.60. The first-order valence-corrected chi connectivity index (χ1v) is 10.4. The number of piperidine rings is 1. The average molecular weight is 385 g/mol. The first kappa shape index (κ1) is 19.4. The van der Waals surface area contributed by atoms with Crippen LogP contribution < -0.4 is 0 Å². The summed E-state index contributed by atoms with van der Waals surface area (Å²) in [6, 6.07) is 31.7. The number of hydrogen-bond donors (Lipinski definition) is 0. The maximum absolute atomic E-state index is 12.9. The van der Waals surface area contributed by atoms with E-state index in [-0.39, 0.29) is 11.9 Å². The van der Waals surface area contributed by atoms with E-state index in [1.54, 1.807) is 0 Å². The van der Waals surface area contributed by atoms with Crippen LogP contribution in [0.15, 0.2) is 91.0 Å². The van der Waals surface area contributed by atoms with Gasteiger partial charge in [-0.2, -0.15) is 0 Å². The van der Waals surface area contributed by atoms with Gasteiger partial charge in [0.15, 0.2) is 0 Å². The largest absolute Gasteiger partial charge is 0.338 e. The molecule has 1 atom stereocenters. The Hall–Kier alpha value is -2.91. The van der Waals surface area contributed by atoms with Crippen molar-refractivity contribution in [2.75, 3.05) is 6.54 Å². The van der Waals surface area contributed by atoms with Crippen molar-refractivity contribution in [1.82, 2.24) is 9.80 Å². The van der Waals surface area contributed by atoms with Crippen molar-refractivity contribution < 1.29 is 4.79 Å². The molecule has 0 aliphatic carbocycles. The van der Waals surface area contributed by atoms with E-state index in [9.17, 15) is 4.79 Å². The highest BCUT2D eigenvalue weighted by Gasteiger charge is 2.30. The fraction of sp³-hybridized carbons (Fsp3) is 0.269. The van der Waals surface area contributed by atoms with Gasteiger partial charge in [-0.25, -0.2) is 0 Å². The van der Waals surface area contributed by atoms with Crippen LogP contribution in [0, 0.1) is 0 Å². The van der Waals surface area contributed by atoms with E-state index in [1.807, 2.05) is 23.1 Å². The number of amides is 1. The van der Waals surface area contributed by atoms with Gasteiger partial charge in [-0.3, -0.25) is 9.69 Å². The Kier molecular flexibility index (Phi) is 6.38. The van der Waals surface area contributed by atoms with Crippen LogP contribution >= 0.6 is 0 Å². The molecule has 0 spiro atoms. The Balaban J connectivity index is 1.45. The molecule has 1 saturated heterocycles. The minimum atomic E-state index is 0.260. The van der Waals surface area contributed by atoms with Crippen molar-refractivity contribution in [2.45, 2.75) is 38.5 Å². The molecule has 0 radical (unpaired) electrons. The zero-order valence-corrected chi connectivity index (χ0v) is 16.8. The predicted octanol–water partition coefficient (Wildman–Crippen LogP) is 4.88. The molecule has 4 rings (SSSR count). The fourth-order valence-electron chi connectivity index (χ4n) is 4.09. The van der Waals surface area contributed by atoms with Crippen molar-refractivity contribution >= 4 is 5.91 Å². The Morgan fingerprint density at radius 2 is 1.21 bits per heavy atom. The molecular weight excluding hydrogens is 356 g/mol. The molecule has 3 aromatic carbocycles. The van der Waals surface area contributed by atoms with Gasteiger partial charge >= 0.3 is 0 Å². The number of hydrogen-bond acceptors (Lipinski definition) is 2. The molecule has 3 aromatic rings. The minimum absolute atomic E-state index is 0.260. The quantitative estimate of drug-likeness (QED) is 0.580. The van der Waals surface area contributed by atoms with Crippen LogP contribution in [-0.4, -0.2) is 28.3 Å². The third-order valence-corrected chi connectivity index (χ3v) is 5.68. The van der Waals surface area contributed by atoms with Crippen molar-refractivity contribution in [3.05, 3.63) is 108 Å². The summed E-state index contributed by atoms with van der Waals surface area (Å²) >= 11 is 0. The minimum Gasteiger partial charge on any atom is -0.338 e. The van der Waals surface area contributed by atoms with Gasteiger partial charge in [0.2, 0.25) is 5.91 Å². The highest BCUT2D eigenvalue weighted by molar-refractivity contribution is 5.77. The van der Waals surface area contributed by atoms with Gasteiger partial charge in [-0.15, -0.1) is 0 Å². The Morgan fingerprint density at radius 3 is 1.69 bits per heavy atom. The summed E-state index contributed by atoms with van der Waals surface area (Å²) in [4.78, 5) is 17.4. The third kappa shape index (κ3) is 5.33. The van der Waals surface area contributed by atoms with E-state index >= 15 is 0 Å². The van der Waals surface area contributed by atoms with Gasteiger partial charge in [-0.05, 0) is 23.1 Å². The molecule has 0 saturated carbocycles. The van der Waals surface area contributed by atoms with Crippen LogP contribution in [0.4, 0.5) is 0 Å². The number of carbonyl (C=O) groups is 1. The highest BCUT2D eigenvalue weighted by atomic mass is 16.2. The molecule has 3 nitrogen and oxygen atoms in total. The van der Waals surface area contributed by atoms with E-state index in [1.165, 1.54) is 16.7 Å². The first-order valence-electron chi connectivity index (χ1n) is 10.4. The lowest BCUT2D eigenvalue weighted by atomic mass is 9.99. The monoisotopic (exact) mass is 384 g/mol. The molecule has 0 bridgehead atoms. The first-order chi connectivity index (χ1) is 14.3. The molecule has 1 amide bonds. The molecule has 148 valence electrons. The fourth-order valence-corrected chi connectivity index (χ4v) is 4.09. The summed E-state index contributed by atoms with van der Waals surface area (Å²) in [5.41, 5.74) is 3.79. The summed E-state index contributed by atoms with van der Waals surface area (Å²) in [6.45, 7) is 3.26. The molecule has 1 heterocycles. The van der Waals surface area contributed by atoms with Crippen molar-refractivity contribution in [2.24, 2.45) is 0 Å². The lowest BCUT2D eigenvalue weighted by Crippen LogP contribution is -2.47. The molecular formula is C26H28N2O. The van der Waals surface area contributed by atoms with E-state index < -0.39 is 0 Å². The van der Waals surface area contributed by atoms with E-state index in [0.29, 0.717) is 13.0 Å². The van der Waals surface area contributed by atoms with Gasteiger partial charge in [0.25, 0.3) is 0 Å². The maximum Gasteiger partial charge on any atom is 0.224 e. The Morgan fingerprint density at radius 1 is 0.724 bits per heavy atom. The van der Waals surface area contributed by atoms with Gasteiger partial charge in [0.05, 0.1) is 0 Å². The number of carbonyl (C=O) groups excluding carboxylic acids is 1. The summed E-state index contributed by atoms with van der Waals surface area (Å²) in [7, 11) is 0. The summed E-state index contributed by atoms with van der Waals surface area (Å²) in [5.74, 6) is 0.260. The van der Waals surface area contributed by atoms with Crippen LogP contribution in [0.2, 0.25) is 0 Å². The van der Waals surface area contributed by atoms with Gasteiger partial charge in [-0.1, -0.05) is 91.0 Å². The van der Waals surface area contributed by atoms with E-state index in [2.05, 4.69) is 77.7 Å². The van der Waals surface area contributed by atoms with Gasteiger partial charge in [0.1, 0.15) is 0 Å². The number of nitrogens with zero attached hydrogens (tertiary/aromatic N) is 2. The zero-order valence-electron chi connectivity index (χ0n) is 16.8. The van der Waals surface area contributed by atoms with E-state index in [4.69, 9.17) is 0 Å². The number of benzene rings is 3. The average Bonchev–Trinajstić information content (AvgIpc) is 2.77. The SMILES string of the molecule is O=C1C[C@@H](N(Cc2ccccc2)Cc2ccccc2)CCN1Cc1ccccc1. The predicted molar refractivity (Wildman–Crippen MR) is 117 cm³/mol. The van der Waals surface area contributed by atoms with Gasteiger partial charge < -0.3 is 4.90 Å². The number of likely N-dealkylation sites (tertiary alicyclic amines) is 1. The second kappa shape index (κ2) is 9.53. The topological polar surface area (TPSA) is 23.6 Å². The lowest BCUT2D eigenvalue weighted by molar-refractivity contribution is -0.136. The number of rotatable bonds is 7. The van der Waals surface area contributed by atoms with Crippen LogP contribution in [0.1, 0.15) is 29.5 Å². The molecule has 1 aliphatic heterocycles. The van der Waals surface area contributed by atoms with Crippen LogP contribution in [0.25, 0.3) is 0 Å². The lowest BCUT2D eigenvalue weighted by Gasteiger charge is -2.38. The van der Waals surface area contributed by atoms with Crippen molar-refractivity contribution in [3.8, 4) is 0 Å². The van der Waals surface area contributed by atoms with Gasteiger partial charge in [0, 0.05) is 38.6 Å². The highest BCUT2D eigenvalue weighted by Crippen LogP contribution is 2.23. The Bertz CT molecular complexity index is 854. The maximum atomic E-state index is 12.9. The summed E-state index contributed by atoms with van der Waals surface area (Å²) < 4.78 is 0. The normalized spacial score (nSPS) is 16.9. The molecule has 3 heteroatoms. The van der Waals surface area contributed by atoms with Crippen molar-refractivity contribution in [3.63, 3.8) is 0 Å². The molecule has 0 N–H and O–H groups in total. The smallest absolute Gasteiger partial charge is 0.224 e. The Labute approximate surface area is 173 Å². The van der Waals surface area contributed by atoms with Crippen LogP contribution in [0.5, 0.6) is 0 Å². The molecule has 0 unspecified atom stereocenters. The molecule has 29 heavy (non-hydrogen) atoms. The molecule has 1 aliphatic rings. The van der Waals surface area contributed by atoms with Crippen molar-refractivity contribution in [1.29, 1.82) is 0 Å². The standard InChI is InChI=1S/C26H28N2O/c29-26-18-25(16-17-27(26)19-22-10-4-1-5-11-22)28(20-23-12-6-2-7-13-23)21-24-14-8-3-9-15-24/h1-15,25H,16-21H2/t25-/m0/s1. The zero-order chi connectivity index (χ0) is 19.9. The second-order valence-corrected chi connectivity index (χ2v) is 7.82. The third-order valence-electron chi connectivity index (χ3n) is 5.68. The summed E-state index contributed by atoms with van der Waals surface area (Å²) in [5, 5.41) is 0. The van der Waals surface area contributed by atoms with E-state index in [0.717, 1.165) is 26.1 Å². The van der Waals surface area contributed by atoms with Crippen LogP contribution in [-0.2, 0) is 24.4 Å². The molecule has 1 fully saturated rings. The van der Waals surface area contributed by atoms with Crippen LogP contribution in [0.3, 0.4) is 0 Å².